The van der Waals surface area contributed by atoms with Crippen LogP contribution in [0.3, 0.4) is 0 Å². The summed E-state index contributed by atoms with van der Waals surface area (Å²) < 4.78 is 15.5. The number of aromatic nitrogens is 4. The van der Waals surface area contributed by atoms with Gasteiger partial charge in [-0.1, -0.05) is 0 Å². The van der Waals surface area contributed by atoms with Crippen LogP contribution in [0.15, 0.2) is 54.9 Å². The molecule has 0 fully saturated rings. The van der Waals surface area contributed by atoms with E-state index in [2.05, 4.69) is 20.7 Å². The van der Waals surface area contributed by atoms with Crippen LogP contribution in [-0.2, 0) is 0 Å². The van der Waals surface area contributed by atoms with Gasteiger partial charge in [-0.3, -0.25) is 5.32 Å². The largest absolute Gasteiger partial charge is 0.338 e. The van der Waals surface area contributed by atoms with Crippen LogP contribution in [0, 0.1) is 12.7 Å². The van der Waals surface area contributed by atoms with Crippen LogP contribution in [0.4, 0.5) is 15.0 Å². The van der Waals surface area contributed by atoms with E-state index >= 15 is 0 Å². The minimum Gasteiger partial charge on any atom is -0.338 e. The number of benzene rings is 1. The molecule has 0 saturated heterocycles. The maximum absolute atomic E-state index is 13.8. The second-order valence-corrected chi connectivity index (χ2v) is 7.30. The van der Waals surface area contributed by atoms with E-state index in [9.17, 15) is 9.18 Å². The number of rotatable bonds is 6. The van der Waals surface area contributed by atoms with Crippen molar-refractivity contribution in [1.29, 1.82) is 0 Å². The Hall–Kier alpha value is -3.52. The first kappa shape index (κ1) is 20.7. The van der Waals surface area contributed by atoms with Crippen LogP contribution < -0.4 is 10.6 Å². The van der Waals surface area contributed by atoms with Gasteiger partial charge in [0, 0.05) is 35.9 Å². The number of aryl methyl sites for hydroxylation is 1. The number of amides is 2. The summed E-state index contributed by atoms with van der Waals surface area (Å²) in [6.07, 6.45) is 3.95. The molecule has 1 aromatic carbocycles. The van der Waals surface area contributed by atoms with Gasteiger partial charge in [-0.2, -0.15) is 5.10 Å². The van der Waals surface area contributed by atoms with E-state index in [4.69, 9.17) is 16.6 Å². The number of alkyl halides is 1. The van der Waals surface area contributed by atoms with Crippen LogP contribution in [-0.4, -0.2) is 38.0 Å². The SMILES string of the molecule is Cc1cc(-c2nc3cccnn3c2-c2ccnc(NC(=O)NCCCCl)c2)ccc1F. The number of nitrogens with one attached hydrogen (secondary N) is 2. The maximum atomic E-state index is 13.8. The average molecular weight is 439 g/mol. The smallest absolute Gasteiger partial charge is 0.320 e. The maximum Gasteiger partial charge on any atom is 0.320 e. The van der Waals surface area contributed by atoms with Crippen LogP contribution in [0.2, 0.25) is 0 Å². The van der Waals surface area contributed by atoms with E-state index in [-0.39, 0.29) is 11.8 Å². The predicted octanol–water partition coefficient (Wildman–Crippen LogP) is 4.66. The molecule has 0 bridgehead atoms. The number of pyridine rings is 1. The summed E-state index contributed by atoms with van der Waals surface area (Å²) in [6.45, 7) is 2.18. The van der Waals surface area contributed by atoms with Gasteiger partial charge in [0.2, 0.25) is 0 Å². The van der Waals surface area contributed by atoms with Crippen molar-refractivity contribution < 1.29 is 9.18 Å². The molecule has 0 aliphatic heterocycles. The van der Waals surface area contributed by atoms with Crippen molar-refractivity contribution in [3.05, 3.63) is 66.2 Å². The number of hydrogen-bond donors (Lipinski definition) is 2. The predicted molar refractivity (Wildman–Crippen MR) is 119 cm³/mol. The van der Waals surface area contributed by atoms with Crippen LogP contribution in [0.5, 0.6) is 0 Å². The molecule has 2 amide bonds. The highest BCUT2D eigenvalue weighted by molar-refractivity contribution is 6.17. The summed E-state index contributed by atoms with van der Waals surface area (Å²) in [5.41, 5.74) is 4.08. The van der Waals surface area contributed by atoms with Gasteiger partial charge in [0.1, 0.15) is 17.3 Å². The summed E-state index contributed by atoms with van der Waals surface area (Å²) in [4.78, 5) is 21.0. The fraction of sp³-hybridized carbons (Fsp3) is 0.182. The van der Waals surface area contributed by atoms with Gasteiger partial charge < -0.3 is 5.32 Å². The molecule has 31 heavy (non-hydrogen) atoms. The van der Waals surface area contributed by atoms with Gasteiger partial charge in [-0.25, -0.2) is 23.7 Å². The number of carbonyl (C=O) groups is 1. The molecule has 7 nitrogen and oxygen atoms in total. The lowest BCUT2D eigenvalue weighted by Crippen LogP contribution is -2.30. The number of nitrogens with zero attached hydrogens (tertiary/aromatic N) is 4. The number of imidazole rings is 1. The second-order valence-electron chi connectivity index (χ2n) is 6.92. The molecule has 2 N–H and O–H groups in total. The highest BCUT2D eigenvalue weighted by Crippen LogP contribution is 2.33. The van der Waals surface area contributed by atoms with Crippen LogP contribution >= 0.6 is 11.6 Å². The highest BCUT2D eigenvalue weighted by Gasteiger charge is 2.18. The minimum atomic E-state index is -0.361. The molecule has 4 rings (SSSR count). The Balaban J connectivity index is 1.75. The summed E-state index contributed by atoms with van der Waals surface area (Å²) in [6, 6.07) is 11.7. The molecule has 0 saturated carbocycles. The van der Waals surface area contributed by atoms with E-state index in [1.54, 1.807) is 48.1 Å². The number of halogens is 2. The quantitative estimate of drug-likeness (QED) is 0.339. The number of anilines is 1. The highest BCUT2D eigenvalue weighted by atomic mass is 35.5. The number of urea groups is 1. The van der Waals surface area contributed by atoms with Gasteiger partial charge in [0.05, 0.1) is 5.69 Å². The Morgan fingerprint density at radius 2 is 2.03 bits per heavy atom. The summed E-state index contributed by atoms with van der Waals surface area (Å²) >= 11 is 5.64. The molecule has 0 unspecified atom stereocenters. The zero-order valence-electron chi connectivity index (χ0n) is 16.8. The van der Waals surface area contributed by atoms with Crippen LogP contribution in [0.1, 0.15) is 12.0 Å². The molecule has 9 heteroatoms. The molecule has 158 valence electrons. The molecule has 0 atom stereocenters. The lowest BCUT2D eigenvalue weighted by Gasteiger charge is -2.09. The lowest BCUT2D eigenvalue weighted by molar-refractivity contribution is 0.252. The van der Waals surface area contributed by atoms with Gasteiger partial charge in [-0.15, -0.1) is 11.6 Å². The first-order valence-corrected chi connectivity index (χ1v) is 10.3. The van der Waals surface area contributed by atoms with Crippen molar-refractivity contribution in [2.75, 3.05) is 17.7 Å². The van der Waals surface area contributed by atoms with Gasteiger partial charge in [0.15, 0.2) is 5.65 Å². The van der Waals surface area contributed by atoms with Crippen LogP contribution in [0.25, 0.3) is 28.2 Å². The molecule has 3 heterocycles. The van der Waals surface area contributed by atoms with E-state index in [0.29, 0.717) is 41.6 Å². The Morgan fingerprint density at radius 3 is 2.84 bits per heavy atom. The van der Waals surface area contributed by atoms with Crippen molar-refractivity contribution in [1.82, 2.24) is 24.9 Å². The normalized spacial score (nSPS) is 10.9. The topological polar surface area (TPSA) is 84.2 Å². The molecule has 4 aromatic rings. The van der Waals surface area contributed by atoms with E-state index < -0.39 is 0 Å². The van der Waals surface area contributed by atoms with Gasteiger partial charge in [0.25, 0.3) is 0 Å². The summed E-state index contributed by atoms with van der Waals surface area (Å²) in [5, 5.41) is 9.88. The van der Waals surface area contributed by atoms with Crippen molar-refractivity contribution in [3.8, 4) is 22.5 Å². The van der Waals surface area contributed by atoms with E-state index in [1.807, 2.05) is 12.1 Å². The van der Waals surface area contributed by atoms with E-state index in [0.717, 1.165) is 16.8 Å². The van der Waals surface area contributed by atoms with E-state index in [1.165, 1.54) is 6.07 Å². The Labute approximate surface area is 183 Å². The zero-order valence-corrected chi connectivity index (χ0v) is 17.5. The lowest BCUT2D eigenvalue weighted by atomic mass is 10.0. The molecular formula is C22H20ClFN6O. The Bertz CT molecular complexity index is 1240. The fourth-order valence-electron chi connectivity index (χ4n) is 3.22. The fourth-order valence-corrected chi connectivity index (χ4v) is 3.35. The third-order valence-corrected chi connectivity index (χ3v) is 4.96. The first-order valence-electron chi connectivity index (χ1n) is 9.74. The number of carbonyl (C=O) groups excluding carboxylic acids is 1. The zero-order chi connectivity index (χ0) is 21.8. The van der Waals surface area contributed by atoms with Crippen molar-refractivity contribution >= 4 is 29.1 Å². The Kier molecular flexibility index (Phi) is 6.08. The summed E-state index contributed by atoms with van der Waals surface area (Å²) in [7, 11) is 0. The molecule has 0 spiro atoms. The molecule has 0 radical (unpaired) electrons. The van der Waals surface area contributed by atoms with Gasteiger partial charge >= 0.3 is 6.03 Å². The molecule has 0 aliphatic rings. The third-order valence-electron chi connectivity index (χ3n) is 4.70. The standard InChI is InChI=1S/C22H20ClFN6O/c1-14-12-15(5-6-17(14)24)20-21(30-19(29-20)4-2-10-27-30)16-7-11-25-18(13-16)28-22(31)26-9-3-8-23/h2,4-7,10-13H,3,8-9H2,1H3,(H2,25,26,28,31). The third kappa shape index (κ3) is 4.49. The Morgan fingerprint density at radius 1 is 1.16 bits per heavy atom. The second kappa shape index (κ2) is 9.09. The average Bonchev–Trinajstić information content (AvgIpc) is 3.15. The number of fused-ring (bicyclic) bond motifs is 1. The monoisotopic (exact) mass is 438 g/mol. The molecular weight excluding hydrogens is 419 g/mol. The van der Waals surface area contributed by atoms with Gasteiger partial charge in [-0.05, 0) is 61.4 Å². The van der Waals surface area contributed by atoms with Crippen molar-refractivity contribution in [2.24, 2.45) is 0 Å². The van der Waals surface area contributed by atoms with Crippen molar-refractivity contribution in [3.63, 3.8) is 0 Å². The first-order chi connectivity index (χ1) is 15.1. The minimum absolute atomic E-state index is 0.275. The summed E-state index contributed by atoms with van der Waals surface area (Å²) in [5.74, 6) is 0.580. The molecule has 0 aliphatic carbocycles. The van der Waals surface area contributed by atoms with Crippen molar-refractivity contribution in [2.45, 2.75) is 13.3 Å². The number of hydrogen-bond acceptors (Lipinski definition) is 4. The molecule has 3 aromatic heterocycles.